The molecule has 1 aromatic rings. The van der Waals surface area contributed by atoms with Crippen molar-refractivity contribution in [3.8, 4) is 0 Å². The Kier molecular flexibility index (Phi) is 2.22. The van der Waals surface area contributed by atoms with Gasteiger partial charge in [0.25, 0.3) is 0 Å². The molecule has 1 aromatic carbocycles. The minimum Gasteiger partial charge on any atom is -0.298 e. The van der Waals surface area contributed by atoms with Gasteiger partial charge in [0.15, 0.2) is 6.29 Å². The maximum absolute atomic E-state index is 13.0. The van der Waals surface area contributed by atoms with Crippen LogP contribution in [-0.4, -0.2) is 6.29 Å². The van der Waals surface area contributed by atoms with E-state index in [9.17, 15) is 13.6 Å². The first kappa shape index (κ1) is 8.84. The van der Waals surface area contributed by atoms with Crippen molar-refractivity contribution >= 4 is 6.29 Å². The number of benzene rings is 1. The second kappa shape index (κ2) is 3.01. The van der Waals surface area contributed by atoms with Crippen LogP contribution in [0.3, 0.4) is 0 Å². The summed E-state index contributed by atoms with van der Waals surface area (Å²) in [5.74, 6) is -1.32. The lowest BCUT2D eigenvalue weighted by Gasteiger charge is -2.04. The van der Waals surface area contributed by atoms with Crippen LogP contribution in [0.2, 0.25) is 0 Å². The molecule has 0 N–H and O–H groups in total. The first-order valence-electron chi connectivity index (χ1n) is 3.48. The summed E-state index contributed by atoms with van der Waals surface area (Å²) in [6, 6.07) is 1.04. The summed E-state index contributed by atoms with van der Waals surface area (Å²) < 4.78 is 25.8. The van der Waals surface area contributed by atoms with E-state index in [0.717, 1.165) is 6.07 Å². The summed E-state index contributed by atoms with van der Waals surface area (Å²) in [6.45, 7) is 2.79. The first-order chi connectivity index (χ1) is 5.57. The molecule has 0 saturated heterocycles. The highest BCUT2D eigenvalue weighted by molar-refractivity contribution is 5.77. The third kappa shape index (κ3) is 1.22. The fourth-order valence-corrected chi connectivity index (χ4v) is 0.988. The average molecular weight is 170 g/mol. The highest BCUT2D eigenvalue weighted by Gasteiger charge is 2.11. The van der Waals surface area contributed by atoms with Crippen molar-refractivity contribution in [3.05, 3.63) is 34.4 Å². The Hall–Kier alpha value is -1.25. The molecule has 0 radical (unpaired) electrons. The van der Waals surface area contributed by atoms with E-state index in [1.54, 1.807) is 0 Å². The fourth-order valence-electron chi connectivity index (χ4n) is 0.988. The molecule has 0 fully saturated rings. The number of carbonyl (C=O) groups excluding carboxylic acids is 1. The lowest BCUT2D eigenvalue weighted by molar-refractivity contribution is 0.112. The average Bonchev–Trinajstić information content (AvgIpc) is 2.08. The van der Waals surface area contributed by atoms with Crippen LogP contribution in [0.15, 0.2) is 6.07 Å². The molecule has 0 amide bonds. The molecule has 1 nitrogen and oxygen atoms in total. The lowest BCUT2D eigenvalue weighted by Crippen LogP contribution is -1.97. The quantitative estimate of drug-likeness (QED) is 0.591. The zero-order valence-electron chi connectivity index (χ0n) is 6.82. The van der Waals surface area contributed by atoms with Crippen LogP contribution in [0.5, 0.6) is 0 Å². The van der Waals surface area contributed by atoms with Gasteiger partial charge in [-0.05, 0) is 25.5 Å². The van der Waals surface area contributed by atoms with E-state index in [1.807, 2.05) is 0 Å². The van der Waals surface area contributed by atoms with Gasteiger partial charge in [-0.2, -0.15) is 0 Å². The number of hydrogen-bond acceptors (Lipinski definition) is 1. The normalized spacial score (nSPS) is 10.0. The first-order valence-corrected chi connectivity index (χ1v) is 3.48. The second-order valence-corrected chi connectivity index (χ2v) is 2.63. The number of halogens is 2. The van der Waals surface area contributed by atoms with Crippen LogP contribution < -0.4 is 0 Å². The number of aldehydes is 1. The molecular formula is C9H8F2O. The van der Waals surface area contributed by atoms with Crippen LogP contribution in [0, 0.1) is 25.5 Å². The van der Waals surface area contributed by atoms with Crippen molar-refractivity contribution in [3.63, 3.8) is 0 Å². The summed E-state index contributed by atoms with van der Waals surface area (Å²) in [5.41, 5.74) is 0.220. The highest BCUT2D eigenvalue weighted by Crippen LogP contribution is 2.18. The summed E-state index contributed by atoms with van der Waals surface area (Å²) in [6.07, 6.45) is 0.445. The number of rotatable bonds is 1. The zero-order valence-corrected chi connectivity index (χ0v) is 6.82. The zero-order chi connectivity index (χ0) is 9.30. The molecule has 0 bridgehead atoms. The van der Waals surface area contributed by atoms with Crippen LogP contribution in [0.4, 0.5) is 8.78 Å². The van der Waals surface area contributed by atoms with Gasteiger partial charge in [0.05, 0.1) is 0 Å². The third-order valence-electron chi connectivity index (χ3n) is 1.86. The molecule has 0 spiro atoms. The van der Waals surface area contributed by atoms with Gasteiger partial charge >= 0.3 is 0 Å². The van der Waals surface area contributed by atoms with Crippen LogP contribution >= 0.6 is 0 Å². The van der Waals surface area contributed by atoms with Crippen molar-refractivity contribution in [2.24, 2.45) is 0 Å². The van der Waals surface area contributed by atoms with Crippen molar-refractivity contribution in [1.29, 1.82) is 0 Å². The van der Waals surface area contributed by atoms with Gasteiger partial charge in [-0.1, -0.05) is 0 Å². The topological polar surface area (TPSA) is 17.1 Å². The van der Waals surface area contributed by atoms with Crippen LogP contribution in [0.1, 0.15) is 21.5 Å². The maximum Gasteiger partial charge on any atom is 0.150 e. The van der Waals surface area contributed by atoms with E-state index >= 15 is 0 Å². The van der Waals surface area contributed by atoms with Gasteiger partial charge in [-0.3, -0.25) is 4.79 Å². The summed E-state index contributed by atoms with van der Waals surface area (Å²) in [5, 5.41) is 0. The molecule has 0 aliphatic heterocycles. The molecule has 0 atom stereocenters. The molecule has 12 heavy (non-hydrogen) atoms. The molecule has 0 aliphatic rings. The fraction of sp³-hybridized carbons (Fsp3) is 0.222. The summed E-state index contributed by atoms with van der Waals surface area (Å²) in [7, 11) is 0. The maximum atomic E-state index is 13.0. The minimum absolute atomic E-state index is 0.0434. The van der Waals surface area contributed by atoms with E-state index in [0.29, 0.717) is 6.29 Å². The van der Waals surface area contributed by atoms with Gasteiger partial charge in [0.2, 0.25) is 0 Å². The molecule has 0 aromatic heterocycles. The predicted molar refractivity (Wildman–Crippen MR) is 41.2 cm³/mol. The van der Waals surface area contributed by atoms with Crippen molar-refractivity contribution in [2.75, 3.05) is 0 Å². The van der Waals surface area contributed by atoms with Gasteiger partial charge < -0.3 is 0 Å². The van der Waals surface area contributed by atoms with Crippen LogP contribution in [0.25, 0.3) is 0 Å². The van der Waals surface area contributed by atoms with E-state index in [1.165, 1.54) is 13.8 Å². The molecule has 1 rings (SSSR count). The Bertz CT molecular complexity index is 332. The Labute approximate surface area is 69.0 Å². The molecule has 0 saturated carbocycles. The van der Waals surface area contributed by atoms with Crippen molar-refractivity contribution < 1.29 is 13.6 Å². The molecule has 64 valence electrons. The Morgan fingerprint density at radius 1 is 1.25 bits per heavy atom. The van der Waals surface area contributed by atoms with Crippen molar-refractivity contribution in [2.45, 2.75) is 13.8 Å². The molecule has 3 heteroatoms. The Morgan fingerprint density at radius 2 is 1.83 bits per heavy atom. The number of carbonyl (C=O) groups is 1. The Morgan fingerprint density at radius 3 is 2.33 bits per heavy atom. The monoisotopic (exact) mass is 170 g/mol. The van der Waals surface area contributed by atoms with Gasteiger partial charge in [0, 0.05) is 11.1 Å². The molecular weight excluding hydrogens is 162 g/mol. The summed E-state index contributed by atoms with van der Waals surface area (Å²) in [4.78, 5) is 10.3. The predicted octanol–water partition coefficient (Wildman–Crippen LogP) is 2.39. The highest BCUT2D eigenvalue weighted by atomic mass is 19.1. The van der Waals surface area contributed by atoms with Gasteiger partial charge in [-0.25, -0.2) is 8.78 Å². The molecule has 0 aliphatic carbocycles. The Balaban J connectivity index is 3.49. The smallest absolute Gasteiger partial charge is 0.150 e. The van der Waals surface area contributed by atoms with Crippen molar-refractivity contribution in [1.82, 2.24) is 0 Å². The van der Waals surface area contributed by atoms with E-state index in [-0.39, 0.29) is 16.7 Å². The largest absolute Gasteiger partial charge is 0.298 e. The van der Waals surface area contributed by atoms with E-state index in [4.69, 9.17) is 0 Å². The lowest BCUT2D eigenvalue weighted by atomic mass is 10.1. The standard InChI is InChI=1S/C9H8F2O/c1-5-7(4-12)3-8(10)6(2)9(5)11/h3-4H,1-2H3. The summed E-state index contributed by atoms with van der Waals surface area (Å²) >= 11 is 0. The molecule has 0 heterocycles. The van der Waals surface area contributed by atoms with E-state index < -0.39 is 11.6 Å². The SMILES string of the molecule is Cc1c(F)cc(C=O)c(C)c1F. The van der Waals surface area contributed by atoms with E-state index in [2.05, 4.69) is 0 Å². The van der Waals surface area contributed by atoms with Gasteiger partial charge in [-0.15, -0.1) is 0 Å². The second-order valence-electron chi connectivity index (χ2n) is 2.63. The third-order valence-corrected chi connectivity index (χ3v) is 1.86. The van der Waals surface area contributed by atoms with Crippen LogP contribution in [-0.2, 0) is 0 Å². The number of hydrogen-bond donors (Lipinski definition) is 0. The minimum atomic E-state index is -0.680. The molecule has 0 unspecified atom stereocenters. The van der Waals surface area contributed by atoms with Gasteiger partial charge in [0.1, 0.15) is 11.6 Å².